The molecule has 0 saturated carbocycles. The van der Waals surface area contributed by atoms with E-state index < -0.39 is 17.8 Å². The number of pyridine rings is 1. The molecule has 1 unspecified atom stereocenters. The second kappa shape index (κ2) is 7.02. The third-order valence-electron chi connectivity index (χ3n) is 4.10. The number of carboxylic acid groups (broad SMARTS) is 1. The van der Waals surface area contributed by atoms with Crippen molar-refractivity contribution in [3.05, 3.63) is 45.7 Å². The van der Waals surface area contributed by atoms with Gasteiger partial charge in [-0.1, -0.05) is 0 Å². The van der Waals surface area contributed by atoms with Gasteiger partial charge < -0.3 is 10.0 Å². The van der Waals surface area contributed by atoms with E-state index in [0.717, 1.165) is 16.7 Å². The van der Waals surface area contributed by atoms with Gasteiger partial charge >= 0.3 is 12.1 Å². The zero-order chi connectivity index (χ0) is 18.9. The molecule has 1 atom stereocenters. The number of carbonyl (C=O) groups is 2. The summed E-state index contributed by atoms with van der Waals surface area (Å²) in [5.41, 5.74) is -0.833. The molecule has 1 amide bonds. The second-order valence-electron chi connectivity index (χ2n) is 5.90. The molecule has 1 aliphatic rings. The SMILES string of the molecule is O=C(O)c1ccc(C(=O)N2CCCC(c3nc(C(F)(F)F)cs3)C2)cn1. The van der Waals surface area contributed by atoms with Crippen molar-refractivity contribution in [1.29, 1.82) is 0 Å². The normalized spacial score (nSPS) is 18.0. The minimum atomic E-state index is -4.48. The average molecular weight is 385 g/mol. The summed E-state index contributed by atoms with van der Waals surface area (Å²) in [7, 11) is 0. The van der Waals surface area contributed by atoms with Crippen LogP contribution in [0.4, 0.5) is 13.2 Å². The molecule has 10 heteroatoms. The van der Waals surface area contributed by atoms with E-state index in [-0.39, 0.29) is 29.6 Å². The third-order valence-corrected chi connectivity index (χ3v) is 5.11. The fourth-order valence-electron chi connectivity index (χ4n) is 2.80. The molecule has 2 aromatic rings. The number of aromatic nitrogens is 2. The summed E-state index contributed by atoms with van der Waals surface area (Å²) in [4.78, 5) is 32.3. The Labute approximate surface area is 150 Å². The summed E-state index contributed by atoms with van der Waals surface area (Å²) in [5.74, 6) is -1.77. The van der Waals surface area contributed by atoms with Crippen molar-refractivity contribution < 1.29 is 27.9 Å². The minimum Gasteiger partial charge on any atom is -0.477 e. The van der Waals surface area contributed by atoms with Crippen molar-refractivity contribution in [2.75, 3.05) is 13.1 Å². The van der Waals surface area contributed by atoms with Crippen LogP contribution in [0, 0.1) is 0 Å². The first-order valence-electron chi connectivity index (χ1n) is 7.77. The van der Waals surface area contributed by atoms with Crippen LogP contribution in [0.2, 0.25) is 0 Å². The molecule has 138 valence electrons. The largest absolute Gasteiger partial charge is 0.477 e. The quantitative estimate of drug-likeness (QED) is 0.877. The molecule has 2 aromatic heterocycles. The van der Waals surface area contributed by atoms with Crippen molar-refractivity contribution in [3.8, 4) is 0 Å². The van der Waals surface area contributed by atoms with E-state index >= 15 is 0 Å². The maximum Gasteiger partial charge on any atom is 0.434 e. The lowest BCUT2D eigenvalue weighted by Crippen LogP contribution is -2.39. The van der Waals surface area contributed by atoms with Gasteiger partial charge in [-0.3, -0.25) is 4.79 Å². The highest BCUT2D eigenvalue weighted by Gasteiger charge is 2.35. The minimum absolute atomic E-state index is 0.166. The van der Waals surface area contributed by atoms with Crippen LogP contribution in [0.5, 0.6) is 0 Å². The Morgan fingerprint density at radius 2 is 2.08 bits per heavy atom. The lowest BCUT2D eigenvalue weighted by Gasteiger charge is -2.31. The van der Waals surface area contributed by atoms with Gasteiger partial charge in [0.25, 0.3) is 5.91 Å². The van der Waals surface area contributed by atoms with Crippen LogP contribution in [-0.2, 0) is 6.18 Å². The number of hydrogen-bond acceptors (Lipinski definition) is 5. The maximum absolute atomic E-state index is 12.7. The van der Waals surface area contributed by atoms with Crippen LogP contribution in [0.15, 0.2) is 23.7 Å². The smallest absolute Gasteiger partial charge is 0.434 e. The van der Waals surface area contributed by atoms with Crippen molar-refractivity contribution in [2.24, 2.45) is 0 Å². The van der Waals surface area contributed by atoms with Gasteiger partial charge in [-0.25, -0.2) is 14.8 Å². The van der Waals surface area contributed by atoms with E-state index in [1.165, 1.54) is 18.3 Å². The van der Waals surface area contributed by atoms with E-state index in [2.05, 4.69) is 9.97 Å². The van der Waals surface area contributed by atoms with Gasteiger partial charge in [0.2, 0.25) is 0 Å². The Balaban J connectivity index is 1.72. The molecule has 1 aliphatic heterocycles. The number of nitrogens with zero attached hydrogens (tertiary/aromatic N) is 3. The number of rotatable bonds is 3. The van der Waals surface area contributed by atoms with Crippen LogP contribution in [0.25, 0.3) is 0 Å². The summed E-state index contributed by atoms with van der Waals surface area (Å²) in [5, 5.41) is 10.2. The first-order valence-corrected chi connectivity index (χ1v) is 8.65. The summed E-state index contributed by atoms with van der Waals surface area (Å²) < 4.78 is 38.1. The lowest BCUT2D eigenvalue weighted by atomic mass is 9.98. The summed E-state index contributed by atoms with van der Waals surface area (Å²) >= 11 is 0.951. The molecule has 0 bridgehead atoms. The van der Waals surface area contributed by atoms with Crippen molar-refractivity contribution >= 4 is 23.2 Å². The van der Waals surface area contributed by atoms with Gasteiger partial charge in [-0.05, 0) is 25.0 Å². The van der Waals surface area contributed by atoms with E-state index in [1.807, 2.05) is 0 Å². The Kier molecular flexibility index (Phi) is 4.94. The summed E-state index contributed by atoms with van der Waals surface area (Å²) in [6.45, 7) is 0.748. The number of piperidine rings is 1. The zero-order valence-corrected chi connectivity index (χ0v) is 14.2. The Hall–Kier alpha value is -2.49. The highest BCUT2D eigenvalue weighted by molar-refractivity contribution is 7.09. The first kappa shape index (κ1) is 18.3. The molecule has 3 heterocycles. The van der Waals surface area contributed by atoms with Gasteiger partial charge in [0, 0.05) is 30.6 Å². The maximum atomic E-state index is 12.7. The van der Waals surface area contributed by atoms with Crippen molar-refractivity contribution in [3.63, 3.8) is 0 Å². The Bertz CT molecular complexity index is 820. The molecule has 26 heavy (non-hydrogen) atoms. The molecule has 1 fully saturated rings. The lowest BCUT2D eigenvalue weighted by molar-refractivity contribution is -0.140. The molecular weight excluding hydrogens is 371 g/mol. The topological polar surface area (TPSA) is 83.4 Å². The van der Waals surface area contributed by atoms with Gasteiger partial charge in [-0.15, -0.1) is 11.3 Å². The standard InChI is InChI=1S/C16H14F3N3O3S/c17-16(18,19)12-8-26-13(21-12)10-2-1-5-22(7-10)14(23)9-3-4-11(15(24)25)20-6-9/h3-4,6,8,10H,1-2,5,7H2,(H,24,25). The van der Waals surface area contributed by atoms with Crippen LogP contribution in [-0.4, -0.2) is 44.9 Å². The number of carboxylic acids is 1. The van der Waals surface area contributed by atoms with Gasteiger partial charge in [0.1, 0.15) is 5.69 Å². The Morgan fingerprint density at radius 1 is 1.31 bits per heavy atom. The number of likely N-dealkylation sites (tertiary alicyclic amines) is 1. The van der Waals surface area contributed by atoms with Crippen LogP contribution in [0.1, 0.15) is 50.3 Å². The number of alkyl halides is 3. The average Bonchev–Trinajstić information content (AvgIpc) is 3.12. The van der Waals surface area contributed by atoms with E-state index in [0.29, 0.717) is 24.4 Å². The number of amides is 1. The molecule has 1 N–H and O–H groups in total. The molecule has 3 rings (SSSR count). The van der Waals surface area contributed by atoms with E-state index in [4.69, 9.17) is 5.11 Å². The fraction of sp³-hybridized carbons (Fsp3) is 0.375. The number of thiazole rings is 1. The fourth-order valence-corrected chi connectivity index (χ4v) is 3.75. The molecule has 6 nitrogen and oxygen atoms in total. The third kappa shape index (κ3) is 3.85. The zero-order valence-electron chi connectivity index (χ0n) is 13.4. The van der Waals surface area contributed by atoms with E-state index in [1.54, 1.807) is 4.90 Å². The van der Waals surface area contributed by atoms with Crippen molar-refractivity contribution in [2.45, 2.75) is 24.9 Å². The highest BCUT2D eigenvalue weighted by Crippen LogP contribution is 2.35. The summed E-state index contributed by atoms with van der Waals surface area (Å²) in [6, 6.07) is 2.63. The second-order valence-corrected chi connectivity index (χ2v) is 6.79. The summed E-state index contributed by atoms with van der Waals surface area (Å²) in [6.07, 6.45) is -1.97. The van der Waals surface area contributed by atoms with Crippen LogP contribution >= 0.6 is 11.3 Å². The number of carbonyl (C=O) groups excluding carboxylic acids is 1. The van der Waals surface area contributed by atoms with Gasteiger partial charge in [-0.2, -0.15) is 13.2 Å². The van der Waals surface area contributed by atoms with Crippen LogP contribution in [0.3, 0.4) is 0 Å². The molecule has 0 aliphatic carbocycles. The molecule has 0 radical (unpaired) electrons. The molecule has 0 spiro atoms. The predicted molar refractivity (Wildman–Crippen MR) is 86.2 cm³/mol. The van der Waals surface area contributed by atoms with Gasteiger partial charge in [0.05, 0.1) is 10.6 Å². The van der Waals surface area contributed by atoms with E-state index in [9.17, 15) is 22.8 Å². The number of hydrogen-bond donors (Lipinski definition) is 1. The van der Waals surface area contributed by atoms with Crippen molar-refractivity contribution in [1.82, 2.24) is 14.9 Å². The van der Waals surface area contributed by atoms with Crippen LogP contribution < -0.4 is 0 Å². The first-order chi connectivity index (χ1) is 12.3. The van der Waals surface area contributed by atoms with Gasteiger partial charge in [0.15, 0.2) is 5.69 Å². The molecular formula is C16H14F3N3O3S. The highest BCUT2D eigenvalue weighted by atomic mass is 32.1. The number of aromatic carboxylic acids is 1. The monoisotopic (exact) mass is 385 g/mol. The predicted octanol–water partition coefficient (Wildman–Crippen LogP) is 3.27. The molecule has 0 aromatic carbocycles. The number of halogens is 3. The molecule has 1 saturated heterocycles. The Morgan fingerprint density at radius 3 is 2.65 bits per heavy atom.